The minimum absolute atomic E-state index is 0. The van der Waals surface area contributed by atoms with E-state index in [4.69, 9.17) is 0 Å². The maximum absolute atomic E-state index is 2.42. The Balaban J connectivity index is 0.00000256. The third-order valence-corrected chi connectivity index (χ3v) is 11.1. The fourth-order valence-corrected chi connectivity index (χ4v) is 9.74. The first-order chi connectivity index (χ1) is 14.3. The van der Waals surface area contributed by atoms with Gasteiger partial charge in [0.25, 0.3) is 0 Å². The summed E-state index contributed by atoms with van der Waals surface area (Å²) in [5, 5.41) is 4.56. The molecule has 0 spiro atoms. The van der Waals surface area contributed by atoms with Crippen LogP contribution in [0.5, 0.6) is 0 Å². The van der Waals surface area contributed by atoms with E-state index in [1.54, 1.807) is 0 Å². The lowest BCUT2D eigenvalue weighted by atomic mass is 9.83. The lowest BCUT2D eigenvalue weighted by Crippen LogP contribution is -3.00. The molecular weight excluding hydrogens is 494 g/mol. The summed E-state index contributed by atoms with van der Waals surface area (Å²) in [6.45, 7) is 2.16. The minimum atomic E-state index is -1.67. The molecule has 1 fully saturated rings. The van der Waals surface area contributed by atoms with E-state index >= 15 is 0 Å². The SMILES string of the molecule is C/C=C/C1CCC(C[P+](c2ccccc2)(c2ccccc2)c2ccccc2)CC1.[I-]. The summed E-state index contributed by atoms with van der Waals surface area (Å²) in [5.74, 6) is 1.58. The average molecular weight is 526 g/mol. The molecule has 0 N–H and O–H groups in total. The van der Waals surface area contributed by atoms with Crippen molar-refractivity contribution in [1.82, 2.24) is 0 Å². The van der Waals surface area contributed by atoms with Gasteiger partial charge in [-0.1, -0.05) is 66.7 Å². The molecule has 1 saturated carbocycles. The first kappa shape index (κ1) is 23.2. The molecule has 0 amide bonds. The number of hydrogen-bond donors (Lipinski definition) is 0. The highest BCUT2D eigenvalue weighted by atomic mass is 127. The molecule has 0 aliphatic heterocycles. The fraction of sp³-hybridized carbons (Fsp3) is 0.286. The summed E-state index contributed by atoms with van der Waals surface area (Å²) >= 11 is 0. The van der Waals surface area contributed by atoms with Crippen LogP contribution in [-0.2, 0) is 0 Å². The van der Waals surface area contributed by atoms with E-state index < -0.39 is 7.26 Å². The molecule has 1 aliphatic rings. The van der Waals surface area contributed by atoms with E-state index in [1.165, 1.54) is 47.8 Å². The predicted octanol–water partition coefficient (Wildman–Crippen LogP) is 3.37. The van der Waals surface area contributed by atoms with E-state index in [1.807, 2.05) is 0 Å². The molecule has 156 valence electrons. The quantitative estimate of drug-likeness (QED) is 0.263. The standard InChI is InChI=1S/C28H32P.HI/c1-2-12-24-19-21-25(22-20-24)23-29(26-13-6-3-7-14-26,27-15-8-4-9-16-27)28-17-10-5-11-18-28;/h2-18,24-25H,19-23H2,1H3;1H/q+1;/p-1/b12-2+;. The molecule has 0 heterocycles. The normalized spacial score (nSPS) is 19.4. The Labute approximate surface area is 200 Å². The predicted molar refractivity (Wildman–Crippen MR) is 130 cm³/mol. The molecule has 3 aromatic carbocycles. The molecule has 1 aliphatic carbocycles. The van der Waals surface area contributed by atoms with Gasteiger partial charge >= 0.3 is 0 Å². The van der Waals surface area contributed by atoms with Gasteiger partial charge in [0.2, 0.25) is 0 Å². The molecule has 4 rings (SSSR count). The van der Waals surface area contributed by atoms with Crippen molar-refractivity contribution < 1.29 is 24.0 Å². The molecule has 0 bridgehead atoms. The van der Waals surface area contributed by atoms with Crippen LogP contribution in [-0.4, -0.2) is 6.16 Å². The third-order valence-electron chi connectivity index (χ3n) is 6.48. The second-order valence-corrected chi connectivity index (χ2v) is 11.8. The molecule has 3 aromatic rings. The Bertz CT molecular complexity index is 800. The van der Waals surface area contributed by atoms with Gasteiger partial charge in [0.15, 0.2) is 0 Å². The van der Waals surface area contributed by atoms with Crippen LogP contribution in [0.15, 0.2) is 103 Å². The summed E-state index contributed by atoms with van der Waals surface area (Å²) in [4.78, 5) is 0. The van der Waals surface area contributed by atoms with Crippen molar-refractivity contribution >= 4 is 23.2 Å². The third kappa shape index (κ3) is 5.06. The summed E-state index contributed by atoms with van der Waals surface area (Å²) < 4.78 is 0. The van der Waals surface area contributed by atoms with Gasteiger partial charge in [-0.3, -0.25) is 0 Å². The highest BCUT2D eigenvalue weighted by Crippen LogP contribution is 2.58. The van der Waals surface area contributed by atoms with Crippen molar-refractivity contribution in [3.05, 3.63) is 103 Å². The van der Waals surface area contributed by atoms with Crippen LogP contribution in [0, 0.1) is 11.8 Å². The smallest absolute Gasteiger partial charge is 0.112 e. The lowest BCUT2D eigenvalue weighted by molar-refractivity contribution is -0.00000579. The fourth-order valence-electron chi connectivity index (χ4n) is 5.03. The van der Waals surface area contributed by atoms with Crippen molar-refractivity contribution in [3.8, 4) is 0 Å². The first-order valence-corrected chi connectivity index (χ1v) is 13.0. The van der Waals surface area contributed by atoms with Gasteiger partial charge in [-0.15, -0.1) is 0 Å². The van der Waals surface area contributed by atoms with Crippen LogP contribution in [0.4, 0.5) is 0 Å². The molecule has 0 atom stereocenters. The van der Waals surface area contributed by atoms with Crippen LogP contribution in [0.2, 0.25) is 0 Å². The van der Waals surface area contributed by atoms with Crippen LogP contribution in [0.3, 0.4) is 0 Å². The lowest BCUT2D eigenvalue weighted by Gasteiger charge is -2.34. The zero-order valence-electron chi connectivity index (χ0n) is 17.8. The Morgan fingerprint density at radius 3 is 1.43 bits per heavy atom. The van der Waals surface area contributed by atoms with Crippen LogP contribution >= 0.6 is 7.26 Å². The first-order valence-electron chi connectivity index (χ1n) is 11.0. The largest absolute Gasteiger partial charge is 1.00 e. The molecule has 0 saturated heterocycles. The number of hydrogen-bond acceptors (Lipinski definition) is 0. The van der Waals surface area contributed by atoms with E-state index in [9.17, 15) is 0 Å². The molecule has 0 aromatic heterocycles. The van der Waals surface area contributed by atoms with Crippen LogP contribution in [0.1, 0.15) is 32.6 Å². The monoisotopic (exact) mass is 526 g/mol. The molecule has 0 nitrogen and oxygen atoms in total. The van der Waals surface area contributed by atoms with Gasteiger partial charge in [0.05, 0.1) is 6.16 Å². The van der Waals surface area contributed by atoms with Gasteiger partial charge in [0.1, 0.15) is 23.2 Å². The zero-order valence-corrected chi connectivity index (χ0v) is 20.9. The van der Waals surface area contributed by atoms with E-state index in [0.29, 0.717) is 0 Å². The van der Waals surface area contributed by atoms with E-state index in [0.717, 1.165) is 11.8 Å². The van der Waals surface area contributed by atoms with Gasteiger partial charge < -0.3 is 24.0 Å². The van der Waals surface area contributed by atoms with Gasteiger partial charge in [-0.05, 0) is 80.8 Å². The number of benzene rings is 3. The maximum Gasteiger partial charge on any atom is 0.112 e. The van der Waals surface area contributed by atoms with Crippen molar-refractivity contribution in [3.63, 3.8) is 0 Å². The number of allylic oxidation sites excluding steroid dienone is 2. The van der Waals surface area contributed by atoms with Crippen LogP contribution < -0.4 is 39.9 Å². The van der Waals surface area contributed by atoms with Gasteiger partial charge in [-0.2, -0.15) is 0 Å². The molecule has 2 heteroatoms. The number of halogens is 1. The maximum atomic E-state index is 2.42. The van der Waals surface area contributed by atoms with Gasteiger partial charge in [0, 0.05) is 0 Å². The second-order valence-electron chi connectivity index (χ2n) is 8.31. The van der Waals surface area contributed by atoms with Crippen LogP contribution in [0.25, 0.3) is 0 Å². The highest BCUT2D eigenvalue weighted by molar-refractivity contribution is 7.95. The van der Waals surface area contributed by atoms with Crippen molar-refractivity contribution in [2.75, 3.05) is 6.16 Å². The Kier molecular flexibility index (Phi) is 8.72. The average Bonchev–Trinajstić information content (AvgIpc) is 2.80. The molecule has 0 unspecified atom stereocenters. The molecule has 0 radical (unpaired) electrons. The summed E-state index contributed by atoms with van der Waals surface area (Å²) in [6.07, 6.45) is 11.3. The summed E-state index contributed by atoms with van der Waals surface area (Å²) in [6, 6.07) is 34.0. The summed E-state index contributed by atoms with van der Waals surface area (Å²) in [5.41, 5.74) is 0. The summed E-state index contributed by atoms with van der Waals surface area (Å²) in [7, 11) is -1.67. The van der Waals surface area contributed by atoms with Gasteiger partial charge in [-0.25, -0.2) is 0 Å². The van der Waals surface area contributed by atoms with E-state index in [2.05, 4.69) is 110 Å². The zero-order chi connectivity index (χ0) is 19.9. The topological polar surface area (TPSA) is 0 Å². The van der Waals surface area contributed by atoms with E-state index in [-0.39, 0.29) is 24.0 Å². The highest BCUT2D eigenvalue weighted by Gasteiger charge is 2.47. The Morgan fingerprint density at radius 2 is 1.07 bits per heavy atom. The number of rotatable bonds is 6. The van der Waals surface area contributed by atoms with Crippen molar-refractivity contribution in [2.24, 2.45) is 11.8 Å². The Morgan fingerprint density at radius 1 is 0.667 bits per heavy atom. The van der Waals surface area contributed by atoms with Crippen molar-refractivity contribution in [1.29, 1.82) is 0 Å². The molecular formula is C28H32IP. The van der Waals surface area contributed by atoms with Crippen molar-refractivity contribution in [2.45, 2.75) is 32.6 Å². The second kappa shape index (κ2) is 11.3. The molecule has 30 heavy (non-hydrogen) atoms. The minimum Gasteiger partial charge on any atom is -1.00 e. The Hall–Kier alpha value is -1.44.